The highest BCUT2D eigenvalue weighted by molar-refractivity contribution is 7.86. The molecule has 0 bridgehead atoms. The van der Waals surface area contributed by atoms with Gasteiger partial charge in [-0.1, -0.05) is 96.8 Å². The molecule has 0 radical (unpaired) electrons. The maximum Gasteiger partial charge on any atom is 0.267 e. The Morgan fingerprint density at radius 2 is 1.00 bits per heavy atom. The summed E-state index contributed by atoms with van der Waals surface area (Å²) in [5.74, 6) is 0. The van der Waals surface area contributed by atoms with Gasteiger partial charge in [-0.05, 0) is 26.2 Å². The molecular weight excluding hydrogens is 348 g/mol. The Morgan fingerprint density at radius 1 is 0.654 bits per heavy atom. The van der Waals surface area contributed by atoms with Crippen molar-refractivity contribution in [3.05, 3.63) is 0 Å². The fourth-order valence-electron chi connectivity index (χ4n) is 3.47. The molecule has 0 saturated carbocycles. The van der Waals surface area contributed by atoms with E-state index in [-0.39, 0.29) is 6.10 Å². The molecule has 0 aromatic heterocycles. The van der Waals surface area contributed by atoms with E-state index in [9.17, 15) is 18.1 Å². The molecule has 0 aliphatic rings. The summed E-state index contributed by atoms with van der Waals surface area (Å²) < 4.78 is 32.5. The van der Waals surface area contributed by atoms with Gasteiger partial charge in [0, 0.05) is 0 Å². The lowest BCUT2D eigenvalue weighted by Crippen LogP contribution is -2.20. The Hall–Kier alpha value is -0.130. The van der Waals surface area contributed by atoms with E-state index >= 15 is 0 Å². The van der Waals surface area contributed by atoms with Crippen LogP contribution < -0.4 is 0 Å². The minimum absolute atomic E-state index is 0.179. The minimum atomic E-state index is -3.90. The van der Waals surface area contributed by atoms with Gasteiger partial charge in [-0.15, -0.1) is 0 Å². The summed E-state index contributed by atoms with van der Waals surface area (Å²) in [5.41, 5.74) is 0. The van der Waals surface area contributed by atoms with Crippen LogP contribution in [0.5, 0.6) is 0 Å². The summed E-state index contributed by atoms with van der Waals surface area (Å²) in [7, 11) is -3.90. The molecule has 158 valence electrons. The van der Waals surface area contributed by atoms with E-state index in [1.165, 1.54) is 51.4 Å². The molecule has 2 atom stereocenters. The lowest BCUT2D eigenvalue weighted by molar-refractivity contribution is 0.180. The maximum atomic E-state index is 11.5. The number of hydrogen-bond donors (Lipinski definition) is 2. The molecule has 2 unspecified atom stereocenters. The standard InChI is InChI=1S/C21H44O4S/c1-3-4-5-6-12-15-18-21(26(23,24)25)19-16-13-10-8-7-9-11-14-17-20(2)22/h20-22H,3-19H2,1-2H3,(H,23,24,25). The summed E-state index contributed by atoms with van der Waals surface area (Å²) in [4.78, 5) is 0. The summed E-state index contributed by atoms with van der Waals surface area (Å²) in [6, 6.07) is 0. The largest absolute Gasteiger partial charge is 0.393 e. The van der Waals surface area contributed by atoms with Crippen molar-refractivity contribution in [2.24, 2.45) is 0 Å². The highest BCUT2D eigenvalue weighted by Gasteiger charge is 2.21. The van der Waals surface area contributed by atoms with Crippen LogP contribution in [0, 0.1) is 0 Å². The van der Waals surface area contributed by atoms with Gasteiger partial charge in [0.05, 0.1) is 11.4 Å². The second-order valence-electron chi connectivity index (χ2n) is 7.95. The number of aliphatic hydroxyl groups excluding tert-OH is 1. The topological polar surface area (TPSA) is 74.6 Å². The predicted octanol–water partition coefficient (Wildman–Crippen LogP) is 6.28. The van der Waals surface area contributed by atoms with Crippen LogP contribution in [0.15, 0.2) is 0 Å². The predicted molar refractivity (Wildman–Crippen MR) is 111 cm³/mol. The van der Waals surface area contributed by atoms with Crippen molar-refractivity contribution in [1.82, 2.24) is 0 Å². The Balaban J connectivity index is 3.66. The molecule has 0 fully saturated rings. The fourth-order valence-corrected chi connectivity index (χ4v) is 4.40. The van der Waals surface area contributed by atoms with Gasteiger partial charge >= 0.3 is 0 Å². The molecular formula is C21H44O4S. The third-order valence-electron chi connectivity index (χ3n) is 5.20. The summed E-state index contributed by atoms with van der Waals surface area (Å²) in [6.45, 7) is 4.03. The first-order chi connectivity index (χ1) is 12.4. The van der Waals surface area contributed by atoms with Crippen molar-refractivity contribution < 1.29 is 18.1 Å². The molecule has 4 nitrogen and oxygen atoms in total. The van der Waals surface area contributed by atoms with Crippen LogP contribution in [0.4, 0.5) is 0 Å². The highest BCUT2D eigenvalue weighted by Crippen LogP contribution is 2.19. The smallest absolute Gasteiger partial charge is 0.267 e. The number of rotatable bonds is 19. The molecule has 0 saturated heterocycles. The van der Waals surface area contributed by atoms with Gasteiger partial charge in [-0.25, -0.2) is 0 Å². The van der Waals surface area contributed by atoms with Crippen LogP contribution >= 0.6 is 0 Å². The van der Waals surface area contributed by atoms with E-state index in [0.29, 0.717) is 12.8 Å². The van der Waals surface area contributed by atoms with Crippen LogP contribution in [0.2, 0.25) is 0 Å². The first-order valence-corrected chi connectivity index (χ1v) is 12.5. The SMILES string of the molecule is CCCCCCCCC(CCCCCCCCCCC(C)O)S(=O)(=O)O. The minimum Gasteiger partial charge on any atom is -0.393 e. The van der Waals surface area contributed by atoms with Crippen molar-refractivity contribution in [3.8, 4) is 0 Å². The van der Waals surface area contributed by atoms with Gasteiger partial charge in [-0.2, -0.15) is 8.42 Å². The summed E-state index contributed by atoms with van der Waals surface area (Å²) in [6.07, 6.45) is 17.8. The second-order valence-corrected chi connectivity index (χ2v) is 9.64. The van der Waals surface area contributed by atoms with Crippen LogP contribution in [-0.2, 0) is 10.1 Å². The van der Waals surface area contributed by atoms with Crippen molar-refractivity contribution in [2.45, 2.75) is 134 Å². The first-order valence-electron chi connectivity index (χ1n) is 11.0. The number of hydrogen-bond acceptors (Lipinski definition) is 3. The van der Waals surface area contributed by atoms with E-state index < -0.39 is 15.4 Å². The van der Waals surface area contributed by atoms with Crippen LogP contribution in [0.3, 0.4) is 0 Å². The maximum absolute atomic E-state index is 11.5. The Morgan fingerprint density at radius 3 is 1.35 bits per heavy atom. The average Bonchev–Trinajstić information content (AvgIpc) is 2.56. The molecule has 0 aromatic carbocycles. The summed E-state index contributed by atoms with van der Waals surface area (Å²) >= 11 is 0. The van der Waals surface area contributed by atoms with Gasteiger partial charge in [0.15, 0.2) is 0 Å². The Kier molecular flexibility index (Phi) is 16.9. The lowest BCUT2D eigenvalue weighted by atomic mass is 10.0. The fraction of sp³-hybridized carbons (Fsp3) is 1.00. The van der Waals surface area contributed by atoms with E-state index in [1.807, 2.05) is 6.92 Å². The van der Waals surface area contributed by atoms with Gasteiger partial charge in [0.1, 0.15) is 0 Å². The molecule has 0 aromatic rings. The molecule has 0 amide bonds. The Bertz CT molecular complexity index is 393. The zero-order chi connectivity index (χ0) is 19.7. The van der Waals surface area contributed by atoms with Crippen LogP contribution in [-0.4, -0.2) is 29.4 Å². The summed E-state index contributed by atoms with van der Waals surface area (Å²) in [5, 5.41) is 8.63. The van der Waals surface area contributed by atoms with Crippen LogP contribution in [0.25, 0.3) is 0 Å². The van der Waals surface area contributed by atoms with Crippen molar-refractivity contribution in [3.63, 3.8) is 0 Å². The lowest BCUT2D eigenvalue weighted by Gasteiger charge is -2.13. The normalized spacial score (nSPS) is 14.5. The first kappa shape index (κ1) is 25.9. The molecule has 0 heterocycles. The van der Waals surface area contributed by atoms with Gasteiger partial charge in [0.25, 0.3) is 10.1 Å². The van der Waals surface area contributed by atoms with E-state index in [4.69, 9.17) is 0 Å². The third kappa shape index (κ3) is 17.3. The van der Waals surface area contributed by atoms with E-state index in [1.54, 1.807) is 0 Å². The molecule has 0 aliphatic heterocycles. The molecule has 0 aliphatic carbocycles. The average molecular weight is 393 g/mol. The molecule has 2 N–H and O–H groups in total. The van der Waals surface area contributed by atoms with Crippen molar-refractivity contribution in [2.75, 3.05) is 0 Å². The van der Waals surface area contributed by atoms with Gasteiger partial charge in [0.2, 0.25) is 0 Å². The quantitative estimate of drug-likeness (QED) is 0.200. The molecule has 26 heavy (non-hydrogen) atoms. The molecule has 0 spiro atoms. The van der Waals surface area contributed by atoms with Gasteiger partial charge < -0.3 is 5.11 Å². The van der Waals surface area contributed by atoms with Crippen molar-refractivity contribution in [1.29, 1.82) is 0 Å². The number of unbranched alkanes of at least 4 members (excludes halogenated alkanes) is 12. The van der Waals surface area contributed by atoms with Crippen molar-refractivity contribution >= 4 is 10.1 Å². The van der Waals surface area contributed by atoms with E-state index in [2.05, 4.69) is 6.92 Å². The number of aliphatic hydroxyl groups is 1. The highest BCUT2D eigenvalue weighted by atomic mass is 32.2. The zero-order valence-corrected chi connectivity index (χ0v) is 18.1. The Labute approximate surface area is 162 Å². The second kappa shape index (κ2) is 17.0. The van der Waals surface area contributed by atoms with Crippen LogP contribution in [0.1, 0.15) is 123 Å². The zero-order valence-electron chi connectivity index (χ0n) is 17.3. The monoisotopic (exact) mass is 392 g/mol. The third-order valence-corrected chi connectivity index (χ3v) is 6.51. The van der Waals surface area contributed by atoms with E-state index in [0.717, 1.165) is 44.9 Å². The van der Waals surface area contributed by atoms with Gasteiger partial charge in [-0.3, -0.25) is 4.55 Å². The molecule has 5 heteroatoms. The molecule has 0 rings (SSSR count).